The van der Waals surface area contributed by atoms with E-state index in [2.05, 4.69) is 40.1 Å². The zero-order valence-corrected chi connectivity index (χ0v) is 14.7. The molecule has 1 amide bonds. The third-order valence-corrected chi connectivity index (χ3v) is 5.38. The van der Waals surface area contributed by atoms with E-state index in [0.717, 1.165) is 61.4 Å². The summed E-state index contributed by atoms with van der Waals surface area (Å²) < 4.78 is 0. The van der Waals surface area contributed by atoms with Gasteiger partial charge in [-0.25, -0.2) is 9.97 Å². The van der Waals surface area contributed by atoms with E-state index in [1.807, 2.05) is 0 Å². The van der Waals surface area contributed by atoms with Crippen LogP contribution >= 0.6 is 11.3 Å². The molecule has 0 aliphatic carbocycles. The summed E-state index contributed by atoms with van der Waals surface area (Å²) in [6, 6.07) is 2.17. The molecule has 0 radical (unpaired) electrons. The number of anilines is 1. The molecule has 0 aromatic carbocycles. The van der Waals surface area contributed by atoms with Gasteiger partial charge in [-0.1, -0.05) is 13.3 Å². The monoisotopic (exact) mass is 332 g/mol. The van der Waals surface area contributed by atoms with Crippen LogP contribution in [0.25, 0.3) is 10.2 Å². The lowest BCUT2D eigenvalue weighted by Gasteiger charge is -2.32. The third kappa shape index (κ3) is 3.63. The molecule has 124 valence electrons. The molecule has 1 saturated heterocycles. The first-order chi connectivity index (χ1) is 11.2. The molecule has 0 atom stereocenters. The number of aryl methyl sites for hydroxylation is 1. The molecule has 0 bridgehead atoms. The average Bonchev–Trinajstić information content (AvgIpc) is 2.95. The van der Waals surface area contributed by atoms with Crippen LogP contribution in [0.1, 0.15) is 37.5 Å². The van der Waals surface area contributed by atoms with Crippen molar-refractivity contribution in [1.82, 2.24) is 15.3 Å². The van der Waals surface area contributed by atoms with Gasteiger partial charge >= 0.3 is 0 Å². The first-order valence-electron chi connectivity index (χ1n) is 8.43. The van der Waals surface area contributed by atoms with Crippen LogP contribution in [0.3, 0.4) is 0 Å². The molecule has 23 heavy (non-hydrogen) atoms. The maximum atomic E-state index is 12.2. The van der Waals surface area contributed by atoms with Crippen molar-refractivity contribution in [3.63, 3.8) is 0 Å². The van der Waals surface area contributed by atoms with Crippen molar-refractivity contribution >= 4 is 33.3 Å². The molecular weight excluding hydrogens is 308 g/mol. The lowest BCUT2D eigenvalue weighted by Crippen LogP contribution is -2.41. The number of carbonyl (C=O) groups is 1. The minimum absolute atomic E-state index is 0.143. The fourth-order valence-electron chi connectivity index (χ4n) is 3.10. The number of fused-ring (bicyclic) bond motifs is 1. The number of thiophene rings is 1. The SMILES string of the molecule is CCCCNC(=O)C1CCN(c2ncnc3sc(C)cc23)CC1. The van der Waals surface area contributed by atoms with Crippen molar-refractivity contribution in [3.05, 3.63) is 17.3 Å². The van der Waals surface area contributed by atoms with E-state index in [1.165, 1.54) is 4.88 Å². The molecule has 3 heterocycles. The number of nitrogens with one attached hydrogen (secondary N) is 1. The maximum absolute atomic E-state index is 12.2. The van der Waals surface area contributed by atoms with Crippen molar-refractivity contribution in [2.45, 2.75) is 39.5 Å². The number of carbonyl (C=O) groups excluding carboxylic acids is 1. The molecule has 1 aliphatic rings. The largest absolute Gasteiger partial charge is 0.356 e. The van der Waals surface area contributed by atoms with Crippen molar-refractivity contribution < 1.29 is 4.79 Å². The van der Waals surface area contributed by atoms with Gasteiger partial charge in [0.15, 0.2) is 0 Å². The van der Waals surface area contributed by atoms with Gasteiger partial charge in [0.25, 0.3) is 0 Å². The Morgan fingerprint density at radius 1 is 1.39 bits per heavy atom. The lowest BCUT2D eigenvalue weighted by molar-refractivity contribution is -0.125. The molecule has 1 fully saturated rings. The molecule has 0 saturated carbocycles. The van der Waals surface area contributed by atoms with Crippen LogP contribution in [0.2, 0.25) is 0 Å². The number of nitrogens with zero attached hydrogens (tertiary/aromatic N) is 3. The topological polar surface area (TPSA) is 58.1 Å². The van der Waals surface area contributed by atoms with Gasteiger partial charge < -0.3 is 10.2 Å². The Hall–Kier alpha value is -1.69. The summed E-state index contributed by atoms with van der Waals surface area (Å²) in [7, 11) is 0. The van der Waals surface area contributed by atoms with Gasteiger partial charge in [0.2, 0.25) is 5.91 Å². The standard InChI is InChI=1S/C17H24N4OS/c1-3-4-7-18-16(22)13-5-8-21(9-6-13)15-14-10-12(2)23-17(14)20-11-19-15/h10-11,13H,3-9H2,1-2H3,(H,18,22). The summed E-state index contributed by atoms with van der Waals surface area (Å²) in [6.45, 7) is 6.80. The molecule has 6 heteroatoms. The van der Waals surface area contributed by atoms with Crippen molar-refractivity contribution in [1.29, 1.82) is 0 Å². The normalized spacial score (nSPS) is 16.0. The van der Waals surface area contributed by atoms with Gasteiger partial charge in [-0.3, -0.25) is 4.79 Å². The van der Waals surface area contributed by atoms with E-state index in [4.69, 9.17) is 0 Å². The predicted molar refractivity (Wildman–Crippen MR) is 95.0 cm³/mol. The Kier molecular flexibility index (Phi) is 5.10. The number of amides is 1. The molecule has 2 aromatic heterocycles. The molecule has 5 nitrogen and oxygen atoms in total. The van der Waals surface area contributed by atoms with E-state index < -0.39 is 0 Å². The van der Waals surface area contributed by atoms with Gasteiger partial charge in [0, 0.05) is 30.4 Å². The zero-order chi connectivity index (χ0) is 16.2. The minimum Gasteiger partial charge on any atom is -0.356 e. The van der Waals surface area contributed by atoms with E-state index in [9.17, 15) is 4.79 Å². The molecule has 0 spiro atoms. The number of rotatable bonds is 5. The van der Waals surface area contributed by atoms with Crippen LogP contribution in [-0.4, -0.2) is 35.5 Å². The third-order valence-electron chi connectivity index (χ3n) is 4.43. The van der Waals surface area contributed by atoms with Gasteiger partial charge in [0.1, 0.15) is 17.0 Å². The summed E-state index contributed by atoms with van der Waals surface area (Å²) in [4.78, 5) is 25.6. The number of aromatic nitrogens is 2. The highest BCUT2D eigenvalue weighted by molar-refractivity contribution is 7.18. The lowest BCUT2D eigenvalue weighted by atomic mass is 9.95. The van der Waals surface area contributed by atoms with Crippen LogP contribution in [0, 0.1) is 12.8 Å². The van der Waals surface area contributed by atoms with Gasteiger partial charge in [0.05, 0.1) is 5.39 Å². The maximum Gasteiger partial charge on any atom is 0.223 e. The Balaban J connectivity index is 1.63. The highest BCUT2D eigenvalue weighted by Gasteiger charge is 2.26. The van der Waals surface area contributed by atoms with E-state index in [-0.39, 0.29) is 11.8 Å². The summed E-state index contributed by atoms with van der Waals surface area (Å²) in [6.07, 6.45) is 5.61. The van der Waals surface area contributed by atoms with E-state index in [0.29, 0.717) is 0 Å². The van der Waals surface area contributed by atoms with Crippen molar-refractivity contribution in [3.8, 4) is 0 Å². The quantitative estimate of drug-likeness (QED) is 0.855. The van der Waals surface area contributed by atoms with Crippen LogP contribution in [0.15, 0.2) is 12.4 Å². The molecule has 2 aromatic rings. The van der Waals surface area contributed by atoms with Gasteiger partial charge in [-0.15, -0.1) is 11.3 Å². The molecule has 1 aliphatic heterocycles. The second kappa shape index (κ2) is 7.25. The number of unbranched alkanes of at least 4 members (excludes halogenated alkanes) is 1. The van der Waals surface area contributed by atoms with Crippen LogP contribution in [0.5, 0.6) is 0 Å². The number of piperidine rings is 1. The molecule has 0 unspecified atom stereocenters. The summed E-state index contributed by atoms with van der Waals surface area (Å²) in [5, 5.41) is 4.20. The van der Waals surface area contributed by atoms with Crippen LogP contribution in [0.4, 0.5) is 5.82 Å². The van der Waals surface area contributed by atoms with E-state index in [1.54, 1.807) is 17.7 Å². The molecular formula is C17H24N4OS. The molecule has 1 N–H and O–H groups in total. The number of hydrogen-bond donors (Lipinski definition) is 1. The van der Waals surface area contributed by atoms with Crippen LogP contribution < -0.4 is 10.2 Å². The zero-order valence-electron chi connectivity index (χ0n) is 13.8. The highest BCUT2D eigenvalue weighted by Crippen LogP contribution is 2.31. The Bertz CT molecular complexity index is 676. The van der Waals surface area contributed by atoms with Gasteiger partial charge in [-0.2, -0.15) is 0 Å². The molecule has 3 rings (SSSR count). The smallest absolute Gasteiger partial charge is 0.223 e. The Morgan fingerprint density at radius 2 is 2.17 bits per heavy atom. The first kappa shape index (κ1) is 16.2. The predicted octanol–water partition coefficient (Wildman–Crippen LogP) is 3.13. The summed E-state index contributed by atoms with van der Waals surface area (Å²) in [5.41, 5.74) is 0. The van der Waals surface area contributed by atoms with Crippen molar-refractivity contribution in [2.24, 2.45) is 5.92 Å². The highest BCUT2D eigenvalue weighted by atomic mass is 32.1. The fraction of sp³-hybridized carbons (Fsp3) is 0.588. The Morgan fingerprint density at radius 3 is 2.91 bits per heavy atom. The minimum atomic E-state index is 0.143. The second-order valence-electron chi connectivity index (χ2n) is 6.18. The van der Waals surface area contributed by atoms with Crippen LogP contribution in [-0.2, 0) is 4.79 Å². The fourth-order valence-corrected chi connectivity index (χ4v) is 3.94. The summed E-state index contributed by atoms with van der Waals surface area (Å²) >= 11 is 1.71. The second-order valence-corrected chi connectivity index (χ2v) is 7.41. The van der Waals surface area contributed by atoms with E-state index >= 15 is 0 Å². The first-order valence-corrected chi connectivity index (χ1v) is 9.24. The number of hydrogen-bond acceptors (Lipinski definition) is 5. The Labute approximate surface area is 141 Å². The average molecular weight is 332 g/mol. The van der Waals surface area contributed by atoms with Gasteiger partial charge in [-0.05, 0) is 32.3 Å². The van der Waals surface area contributed by atoms with Crippen molar-refractivity contribution in [2.75, 3.05) is 24.5 Å². The summed E-state index contributed by atoms with van der Waals surface area (Å²) in [5.74, 6) is 1.38.